The highest BCUT2D eigenvalue weighted by Crippen LogP contribution is 2.08. The van der Waals surface area contributed by atoms with Gasteiger partial charge in [-0.3, -0.25) is 10.1 Å². The molecule has 0 saturated carbocycles. The van der Waals surface area contributed by atoms with E-state index in [1.807, 2.05) is 0 Å². The first-order valence-electron chi connectivity index (χ1n) is 3.28. The lowest BCUT2D eigenvalue weighted by Crippen LogP contribution is -1.81. The Morgan fingerprint density at radius 3 is 2.38 bits per heavy atom. The van der Waals surface area contributed by atoms with Gasteiger partial charge in [0.15, 0.2) is 0 Å². The van der Waals surface area contributed by atoms with Gasteiger partial charge < -0.3 is 4.42 Å². The van der Waals surface area contributed by atoms with E-state index < -0.39 is 4.92 Å². The Hall–Kier alpha value is -2.18. The molecule has 0 saturated heterocycles. The molecule has 2 heterocycles. The van der Waals surface area contributed by atoms with Crippen LogP contribution in [0.2, 0.25) is 0 Å². The Labute approximate surface area is 72.5 Å². The number of nitro groups is 1. The summed E-state index contributed by atoms with van der Waals surface area (Å²) in [5, 5.41) is 19.1. The molecule has 7 nitrogen and oxygen atoms in total. The van der Waals surface area contributed by atoms with Crippen molar-refractivity contribution in [2.45, 2.75) is 0 Å². The molecule has 0 aromatic carbocycles. The predicted molar refractivity (Wildman–Crippen MR) is 41.7 cm³/mol. The van der Waals surface area contributed by atoms with Crippen LogP contribution >= 0.6 is 0 Å². The van der Waals surface area contributed by atoms with Gasteiger partial charge in [0.1, 0.15) is 4.92 Å². The van der Waals surface area contributed by atoms with Gasteiger partial charge >= 0.3 is 5.88 Å². The maximum atomic E-state index is 9.77. The molecule has 2 aromatic heterocycles. The molecule has 0 unspecified atom stereocenters. The summed E-state index contributed by atoms with van der Waals surface area (Å²) in [5.41, 5.74) is 0. The van der Waals surface area contributed by atoms with Gasteiger partial charge in [0.25, 0.3) is 0 Å². The predicted octanol–water partition coefficient (Wildman–Crippen LogP) is 0.992. The lowest BCUT2D eigenvalue weighted by Gasteiger charge is -1.76. The second kappa shape index (κ2) is 4.65. The van der Waals surface area contributed by atoms with Crippen LogP contribution in [-0.4, -0.2) is 20.3 Å². The molecule has 0 aliphatic carbocycles. The summed E-state index contributed by atoms with van der Waals surface area (Å²) in [7, 11) is 0. The van der Waals surface area contributed by atoms with Gasteiger partial charge in [0.2, 0.25) is 0 Å². The molecule has 2 aromatic rings. The van der Waals surface area contributed by atoms with Crippen LogP contribution in [0.3, 0.4) is 0 Å². The molecular weight excluding hydrogens is 176 g/mol. The summed E-state index contributed by atoms with van der Waals surface area (Å²) in [6.45, 7) is 0. The molecule has 1 N–H and O–H groups in total. The van der Waals surface area contributed by atoms with E-state index in [0.717, 1.165) is 0 Å². The zero-order valence-electron chi connectivity index (χ0n) is 6.45. The molecule has 0 spiro atoms. The lowest BCUT2D eigenvalue weighted by atomic mass is 10.6. The molecule has 0 aliphatic heterocycles. The summed E-state index contributed by atoms with van der Waals surface area (Å²) < 4.78 is 4.40. The first-order valence-corrected chi connectivity index (χ1v) is 3.28. The molecule has 0 aliphatic rings. The Balaban J connectivity index is 0.000000145. The average Bonchev–Trinajstić information content (AvgIpc) is 2.82. The Morgan fingerprint density at radius 1 is 1.46 bits per heavy atom. The Morgan fingerprint density at radius 2 is 2.15 bits per heavy atom. The molecule has 0 amide bonds. The first kappa shape index (κ1) is 8.91. The smallest absolute Gasteiger partial charge is 0.409 e. The number of aromatic nitrogens is 3. The molecule has 2 rings (SSSR count). The molecule has 13 heavy (non-hydrogen) atoms. The van der Waals surface area contributed by atoms with Crippen molar-refractivity contribution in [2.24, 2.45) is 0 Å². The SMILES string of the molecule is O=[N+]([O-])c1ccco1.c1cn[nH]n1. The highest BCUT2D eigenvalue weighted by atomic mass is 16.6. The number of hydrogen-bond donors (Lipinski definition) is 1. The normalized spacial score (nSPS) is 8.62. The third kappa shape index (κ3) is 3.14. The lowest BCUT2D eigenvalue weighted by molar-refractivity contribution is -0.402. The minimum atomic E-state index is -0.583. The van der Waals surface area contributed by atoms with Crippen molar-refractivity contribution >= 4 is 5.88 Å². The van der Waals surface area contributed by atoms with Crippen LogP contribution in [0.5, 0.6) is 0 Å². The van der Waals surface area contributed by atoms with Crippen molar-refractivity contribution in [3.8, 4) is 0 Å². The molecular formula is C6H6N4O3. The molecule has 0 radical (unpaired) electrons. The zero-order chi connectivity index (χ0) is 9.52. The van der Waals surface area contributed by atoms with E-state index in [9.17, 15) is 10.1 Å². The zero-order valence-corrected chi connectivity index (χ0v) is 6.45. The van der Waals surface area contributed by atoms with Crippen LogP contribution < -0.4 is 0 Å². The van der Waals surface area contributed by atoms with Crippen molar-refractivity contribution in [1.82, 2.24) is 15.4 Å². The number of aromatic amines is 1. The highest BCUT2D eigenvalue weighted by Gasteiger charge is 2.04. The van der Waals surface area contributed by atoms with Gasteiger partial charge in [-0.1, -0.05) is 0 Å². The molecule has 0 fully saturated rings. The fourth-order valence-electron chi connectivity index (χ4n) is 0.540. The molecule has 0 atom stereocenters. The third-order valence-corrected chi connectivity index (χ3v) is 1.02. The van der Waals surface area contributed by atoms with E-state index in [-0.39, 0.29) is 5.88 Å². The summed E-state index contributed by atoms with van der Waals surface area (Å²) in [5.74, 6) is -0.218. The minimum absolute atomic E-state index is 0.218. The second-order valence-corrected chi connectivity index (χ2v) is 1.86. The second-order valence-electron chi connectivity index (χ2n) is 1.86. The Bertz CT molecular complexity index is 311. The van der Waals surface area contributed by atoms with E-state index in [1.54, 1.807) is 12.4 Å². The highest BCUT2D eigenvalue weighted by molar-refractivity contribution is 5.11. The topological polar surface area (TPSA) is 97.9 Å². The van der Waals surface area contributed by atoms with Gasteiger partial charge in [0, 0.05) is 0 Å². The number of rotatable bonds is 1. The average molecular weight is 182 g/mol. The van der Waals surface area contributed by atoms with Crippen LogP contribution in [0.4, 0.5) is 5.88 Å². The van der Waals surface area contributed by atoms with E-state index in [2.05, 4.69) is 19.8 Å². The fraction of sp³-hybridized carbons (Fsp3) is 0. The van der Waals surface area contributed by atoms with E-state index >= 15 is 0 Å². The fourth-order valence-corrected chi connectivity index (χ4v) is 0.540. The van der Waals surface area contributed by atoms with E-state index in [4.69, 9.17) is 0 Å². The summed E-state index contributed by atoms with van der Waals surface area (Å²) >= 11 is 0. The maximum Gasteiger partial charge on any atom is 0.432 e. The number of furan rings is 1. The van der Waals surface area contributed by atoms with Gasteiger partial charge in [-0.15, -0.1) is 0 Å². The van der Waals surface area contributed by atoms with Crippen LogP contribution in [0.1, 0.15) is 0 Å². The van der Waals surface area contributed by atoms with E-state index in [0.29, 0.717) is 0 Å². The minimum Gasteiger partial charge on any atom is -0.409 e. The quantitative estimate of drug-likeness (QED) is 0.523. The number of nitrogens with zero attached hydrogens (tertiary/aromatic N) is 3. The van der Waals surface area contributed by atoms with Crippen LogP contribution in [0.25, 0.3) is 0 Å². The van der Waals surface area contributed by atoms with Crippen LogP contribution in [0.15, 0.2) is 35.2 Å². The monoisotopic (exact) mass is 182 g/mol. The molecule has 7 heteroatoms. The Kier molecular flexibility index (Phi) is 3.19. The number of nitrogens with one attached hydrogen (secondary N) is 1. The largest absolute Gasteiger partial charge is 0.432 e. The van der Waals surface area contributed by atoms with Gasteiger partial charge in [-0.2, -0.15) is 15.4 Å². The number of hydrogen-bond acceptors (Lipinski definition) is 5. The van der Waals surface area contributed by atoms with Crippen molar-refractivity contribution in [3.05, 3.63) is 40.9 Å². The number of H-pyrrole nitrogens is 1. The summed E-state index contributed by atoms with van der Waals surface area (Å²) in [6.07, 6.45) is 4.43. The van der Waals surface area contributed by atoms with Crippen molar-refractivity contribution in [2.75, 3.05) is 0 Å². The van der Waals surface area contributed by atoms with Gasteiger partial charge in [-0.25, -0.2) is 0 Å². The summed E-state index contributed by atoms with van der Waals surface area (Å²) in [6, 6.07) is 2.76. The molecule has 0 bridgehead atoms. The van der Waals surface area contributed by atoms with Gasteiger partial charge in [0.05, 0.1) is 24.7 Å². The maximum absolute atomic E-state index is 9.77. The van der Waals surface area contributed by atoms with Crippen molar-refractivity contribution in [1.29, 1.82) is 0 Å². The van der Waals surface area contributed by atoms with Crippen LogP contribution in [0, 0.1) is 10.1 Å². The van der Waals surface area contributed by atoms with E-state index in [1.165, 1.54) is 18.4 Å². The van der Waals surface area contributed by atoms with Gasteiger partial charge in [-0.05, 0) is 6.07 Å². The van der Waals surface area contributed by atoms with Crippen LogP contribution in [-0.2, 0) is 0 Å². The summed E-state index contributed by atoms with van der Waals surface area (Å²) in [4.78, 5) is 9.19. The van der Waals surface area contributed by atoms with Crippen molar-refractivity contribution < 1.29 is 9.34 Å². The molecule has 68 valence electrons. The standard InChI is InChI=1S/C4H3NO3.C2H3N3/c6-5(7)4-2-1-3-8-4;1-2-4-5-3-1/h1-3H;1-2H,(H,3,4,5). The van der Waals surface area contributed by atoms with Crippen molar-refractivity contribution in [3.63, 3.8) is 0 Å². The third-order valence-electron chi connectivity index (χ3n) is 1.02. The first-order chi connectivity index (χ1) is 6.30.